The molecule has 69 heavy (non-hydrogen) atoms. The van der Waals surface area contributed by atoms with Gasteiger partial charge >= 0.3 is 23.9 Å². The van der Waals surface area contributed by atoms with Gasteiger partial charge in [0, 0.05) is 55.9 Å². The van der Waals surface area contributed by atoms with E-state index in [1.165, 1.54) is 37.4 Å². The first-order valence-electron chi connectivity index (χ1n) is 21.1. The maximum atomic E-state index is 13.6. The summed E-state index contributed by atoms with van der Waals surface area (Å²) in [6.45, 7) is 1.07. The molecule has 372 valence electrons. The van der Waals surface area contributed by atoms with Crippen molar-refractivity contribution >= 4 is 87.8 Å². The van der Waals surface area contributed by atoms with Crippen molar-refractivity contribution in [2.75, 3.05) is 24.1 Å². The molecule has 0 unspecified atom stereocenters. The van der Waals surface area contributed by atoms with Crippen LogP contribution < -0.4 is 49.3 Å². The zero-order valence-corrected chi connectivity index (χ0v) is 37.1. The lowest BCUT2D eigenvalue weighted by molar-refractivity contribution is -0.145. The van der Waals surface area contributed by atoms with Gasteiger partial charge in [-0.1, -0.05) is 6.92 Å². The van der Waals surface area contributed by atoms with Crippen molar-refractivity contribution in [2.45, 2.75) is 89.4 Å². The van der Waals surface area contributed by atoms with E-state index in [1.54, 1.807) is 0 Å². The number of hydrogen-bond acceptors (Lipinski definition) is 17. The maximum absolute atomic E-state index is 13.6. The minimum atomic E-state index is -1.81. The zero-order chi connectivity index (χ0) is 51.4. The fourth-order valence-electron chi connectivity index (χ4n) is 6.41. The number of nitrogens with two attached hydrogens (primary N) is 3. The molecule has 2 aromatic heterocycles. The van der Waals surface area contributed by atoms with Gasteiger partial charge in [0.2, 0.25) is 23.7 Å². The highest BCUT2D eigenvalue weighted by atomic mass is 16.4. The fourth-order valence-corrected chi connectivity index (χ4v) is 6.41. The fraction of sp³-hybridized carbons (Fsp3) is 0.439. The summed E-state index contributed by atoms with van der Waals surface area (Å²) in [5.74, 6) is -14.9. The SMILES string of the molecule is CCC(=O)NC[C@H](CC(=O)[C@H](CC(=O)O)NC(=O)[C@H](CCCN=C(N)N)CC(=O)[C@H](CC(=O)O)NC(=O)CC[C@H](NC(=O)c1ccc(NCc2cnc3nc(N)[nH]c(=O)c3n2)cc1)C(=O)O)C(=O)O. The summed E-state index contributed by atoms with van der Waals surface area (Å²) < 4.78 is 0. The molecule has 0 saturated carbocycles. The van der Waals surface area contributed by atoms with E-state index in [1.807, 2.05) is 0 Å². The largest absolute Gasteiger partial charge is 0.481 e. The smallest absolute Gasteiger partial charge is 0.326 e. The lowest BCUT2D eigenvalue weighted by Gasteiger charge is -2.24. The van der Waals surface area contributed by atoms with Crippen molar-refractivity contribution in [1.29, 1.82) is 0 Å². The predicted octanol–water partition coefficient (Wildman–Crippen LogP) is -2.40. The second-order valence-electron chi connectivity index (χ2n) is 15.4. The van der Waals surface area contributed by atoms with Crippen molar-refractivity contribution in [3.63, 3.8) is 0 Å². The third kappa shape index (κ3) is 18.7. The zero-order valence-electron chi connectivity index (χ0n) is 37.1. The van der Waals surface area contributed by atoms with E-state index < -0.39 is 140 Å². The highest BCUT2D eigenvalue weighted by molar-refractivity contribution is 5.98. The number of carbonyl (C=O) groups is 10. The van der Waals surface area contributed by atoms with Crippen molar-refractivity contribution in [3.05, 3.63) is 52.1 Å². The highest BCUT2D eigenvalue weighted by Crippen LogP contribution is 2.18. The Labute approximate surface area is 390 Å². The number of ketones is 2. The standard InChI is InChI=1S/C41H53N13O15/c1-2-29(57)47-16-21(38(66)67)13-28(56)26(15-32(61)62)52-36(64)20(4-3-11-45-40(42)43)12-27(55)25(14-31(59)60)50-30(58)10-9-24(39(68)69)51-35(63)19-5-7-22(8-6-19)46-17-23-18-48-34-33(49-23)37(65)54-41(44)53-34/h5-8,18,20-21,24-26,46H,2-4,9-17H2,1H3,(H,47,57)(H,50,58)(H,51,63)(H,52,64)(H,59,60)(H,61,62)(H,66,67)(H,68,69)(H4,42,43,45)(H3,44,48,53,54,65)/t20-,21+,24+,25+,26+/m1/s1. The van der Waals surface area contributed by atoms with Crippen LogP contribution in [-0.2, 0) is 49.7 Å². The highest BCUT2D eigenvalue weighted by Gasteiger charge is 2.34. The number of aromatic amines is 1. The van der Waals surface area contributed by atoms with E-state index >= 15 is 0 Å². The first-order valence-corrected chi connectivity index (χ1v) is 21.1. The van der Waals surface area contributed by atoms with Gasteiger partial charge in [-0.25, -0.2) is 14.8 Å². The van der Waals surface area contributed by atoms with Crippen LogP contribution >= 0.6 is 0 Å². The number of rotatable bonds is 30. The van der Waals surface area contributed by atoms with E-state index in [0.29, 0.717) is 11.4 Å². The van der Waals surface area contributed by atoms with E-state index in [2.05, 4.69) is 51.5 Å². The molecule has 0 aliphatic rings. The molecule has 4 amide bonds. The Morgan fingerprint density at radius 1 is 0.754 bits per heavy atom. The van der Waals surface area contributed by atoms with Gasteiger partial charge in [0.1, 0.15) is 6.04 Å². The Balaban J connectivity index is 1.67. The van der Waals surface area contributed by atoms with Crippen LogP contribution in [0.2, 0.25) is 0 Å². The summed E-state index contributed by atoms with van der Waals surface area (Å²) in [4.78, 5) is 156. The van der Waals surface area contributed by atoms with Gasteiger partial charge in [-0.15, -0.1) is 0 Å². The lowest BCUT2D eigenvalue weighted by atomic mass is 9.91. The quantitative estimate of drug-likeness (QED) is 0.0188. The van der Waals surface area contributed by atoms with Crippen LogP contribution in [0.4, 0.5) is 11.6 Å². The molecule has 3 rings (SSSR count). The maximum Gasteiger partial charge on any atom is 0.326 e. The van der Waals surface area contributed by atoms with Gasteiger partial charge in [0.25, 0.3) is 11.5 Å². The number of aliphatic imine (C=N–C) groups is 1. The second-order valence-corrected chi connectivity index (χ2v) is 15.4. The first-order chi connectivity index (χ1) is 32.6. The molecule has 16 N–H and O–H groups in total. The van der Waals surface area contributed by atoms with Gasteiger partial charge in [-0.3, -0.25) is 57.9 Å². The number of hydrogen-bond donors (Lipinski definition) is 13. The minimum Gasteiger partial charge on any atom is -0.481 e. The van der Waals surface area contributed by atoms with E-state index in [-0.39, 0.29) is 61.0 Å². The number of Topliss-reactive ketones (excluding diaryl/α,β-unsaturated/α-hetero) is 2. The van der Waals surface area contributed by atoms with Crippen molar-refractivity contribution < 1.29 is 68.4 Å². The molecule has 0 saturated heterocycles. The van der Waals surface area contributed by atoms with Gasteiger partial charge < -0.3 is 64.2 Å². The Morgan fingerprint density at radius 3 is 1.96 bits per heavy atom. The monoisotopic (exact) mass is 967 g/mol. The number of carboxylic acid groups (broad SMARTS) is 4. The van der Waals surface area contributed by atoms with Crippen molar-refractivity contribution in [3.8, 4) is 0 Å². The Morgan fingerprint density at radius 2 is 1.38 bits per heavy atom. The topological polar surface area (TPSA) is 474 Å². The molecule has 0 radical (unpaired) electrons. The molecule has 0 aliphatic heterocycles. The van der Waals surface area contributed by atoms with Gasteiger partial charge in [0.05, 0.1) is 49.3 Å². The number of nitrogen functional groups attached to an aromatic ring is 1. The number of carbonyl (C=O) groups excluding carboxylic acids is 6. The number of aromatic nitrogens is 4. The van der Waals surface area contributed by atoms with E-state index in [4.69, 9.17) is 17.2 Å². The molecule has 0 aliphatic carbocycles. The minimum absolute atomic E-state index is 0.0102. The second kappa shape index (κ2) is 26.5. The van der Waals surface area contributed by atoms with Crippen LogP contribution in [0.15, 0.2) is 40.2 Å². The number of amides is 4. The average molecular weight is 968 g/mol. The third-order valence-corrected chi connectivity index (χ3v) is 10.0. The van der Waals surface area contributed by atoms with Gasteiger partial charge in [-0.2, -0.15) is 4.98 Å². The van der Waals surface area contributed by atoms with Crippen LogP contribution in [-0.4, -0.2) is 137 Å². The van der Waals surface area contributed by atoms with Crippen LogP contribution in [0.25, 0.3) is 11.2 Å². The Bertz CT molecular complexity index is 2490. The number of nitrogens with one attached hydrogen (secondary N) is 6. The Kier molecular flexibility index (Phi) is 21.0. The summed E-state index contributed by atoms with van der Waals surface area (Å²) in [5.41, 5.74) is 16.6. The number of carboxylic acids is 4. The molecule has 1 aromatic carbocycles. The van der Waals surface area contributed by atoms with Crippen LogP contribution in [0.1, 0.15) is 80.8 Å². The number of anilines is 2. The average Bonchev–Trinajstić information content (AvgIpc) is 3.28. The summed E-state index contributed by atoms with van der Waals surface area (Å²) in [6, 6.07) is 0.520. The lowest BCUT2D eigenvalue weighted by Crippen LogP contribution is -2.48. The molecule has 3 aromatic rings. The van der Waals surface area contributed by atoms with Crippen molar-refractivity contribution in [2.24, 2.45) is 28.3 Å². The third-order valence-electron chi connectivity index (χ3n) is 10.0. The first kappa shape index (κ1) is 54.7. The van der Waals surface area contributed by atoms with E-state index in [0.717, 1.165) is 0 Å². The number of aliphatic carboxylic acids is 4. The van der Waals surface area contributed by atoms with Crippen LogP contribution in [0.5, 0.6) is 0 Å². The van der Waals surface area contributed by atoms with Gasteiger partial charge in [-0.05, 0) is 43.5 Å². The molecular weight excluding hydrogens is 915 g/mol. The molecular formula is C41H53N13O15. The summed E-state index contributed by atoms with van der Waals surface area (Å²) in [6.07, 6.45) is -3.53. The number of nitrogens with zero attached hydrogens (tertiary/aromatic N) is 4. The molecule has 0 bridgehead atoms. The van der Waals surface area contributed by atoms with Gasteiger partial charge in [0.15, 0.2) is 28.7 Å². The van der Waals surface area contributed by atoms with Crippen LogP contribution in [0.3, 0.4) is 0 Å². The Hall–Kier alpha value is -8.59. The molecule has 0 fully saturated rings. The molecule has 0 spiro atoms. The number of H-pyrrole nitrogens is 1. The summed E-state index contributed by atoms with van der Waals surface area (Å²) >= 11 is 0. The summed E-state index contributed by atoms with van der Waals surface area (Å²) in [7, 11) is 0. The number of fused-ring (bicyclic) bond motifs is 1. The molecule has 28 heteroatoms. The molecule has 28 nitrogen and oxygen atoms in total. The summed E-state index contributed by atoms with van der Waals surface area (Å²) in [5, 5.41) is 50.7. The molecule has 2 heterocycles. The van der Waals surface area contributed by atoms with Crippen LogP contribution in [0, 0.1) is 11.8 Å². The normalized spacial score (nSPS) is 13.0. The predicted molar refractivity (Wildman–Crippen MR) is 240 cm³/mol. The van der Waals surface area contributed by atoms with E-state index in [9.17, 15) is 73.2 Å². The number of guanidine groups is 1. The number of benzene rings is 1. The molecule has 5 atom stereocenters. The van der Waals surface area contributed by atoms with Crippen molar-refractivity contribution in [1.82, 2.24) is 41.2 Å².